The van der Waals surface area contributed by atoms with Crippen LogP contribution in [0.25, 0.3) is 10.8 Å². The molecule has 0 fully saturated rings. The van der Waals surface area contributed by atoms with Crippen molar-refractivity contribution in [2.45, 2.75) is 24.0 Å². The average molecular weight is 462 g/mol. The van der Waals surface area contributed by atoms with Gasteiger partial charge in [0.05, 0.1) is 4.90 Å². The zero-order valence-electron chi connectivity index (χ0n) is 17.7. The van der Waals surface area contributed by atoms with E-state index in [9.17, 15) is 18.3 Å². The number of hydrogen-bond acceptors (Lipinski definition) is 4. The Labute approximate surface area is 192 Å². The first-order valence-corrected chi connectivity index (χ1v) is 11.9. The molecule has 4 aromatic rings. The maximum atomic E-state index is 12.9. The Kier molecular flexibility index (Phi) is 6.72. The van der Waals surface area contributed by atoms with Gasteiger partial charge in [-0.1, -0.05) is 72.8 Å². The van der Waals surface area contributed by atoms with Crippen LogP contribution in [0.1, 0.15) is 11.1 Å². The van der Waals surface area contributed by atoms with E-state index >= 15 is 0 Å². The maximum absolute atomic E-state index is 12.9. The molecule has 6 nitrogen and oxygen atoms in total. The summed E-state index contributed by atoms with van der Waals surface area (Å²) in [6, 6.07) is 27.5. The van der Waals surface area contributed by atoms with Gasteiger partial charge in [0.2, 0.25) is 10.0 Å². The lowest BCUT2D eigenvalue weighted by atomic mass is 10.1. The van der Waals surface area contributed by atoms with Crippen molar-refractivity contribution in [3.63, 3.8) is 0 Å². The standard InChI is InChI=1S/C26H23NO5S/c28-26(29)25(27-33(30,31)24-15-12-21-8-4-5-9-22(21)17-24)16-19-10-13-23(14-11-19)32-18-20-6-2-1-3-7-20/h1-15,17,25,27H,16,18H2,(H,28,29). The zero-order chi connectivity index (χ0) is 23.3. The molecule has 0 aliphatic carbocycles. The molecular formula is C26H23NO5S. The van der Waals surface area contributed by atoms with Crippen molar-refractivity contribution in [2.75, 3.05) is 0 Å². The average Bonchev–Trinajstić information content (AvgIpc) is 2.83. The van der Waals surface area contributed by atoms with E-state index in [4.69, 9.17) is 4.74 Å². The molecule has 1 unspecified atom stereocenters. The summed E-state index contributed by atoms with van der Waals surface area (Å²) >= 11 is 0. The molecule has 0 spiro atoms. The summed E-state index contributed by atoms with van der Waals surface area (Å²) in [5, 5.41) is 11.3. The number of fused-ring (bicyclic) bond motifs is 1. The molecule has 0 heterocycles. The van der Waals surface area contributed by atoms with Crippen LogP contribution in [0.2, 0.25) is 0 Å². The summed E-state index contributed by atoms with van der Waals surface area (Å²) in [6.07, 6.45) is 0.00110. The minimum absolute atomic E-state index is 0.00110. The molecule has 4 aromatic carbocycles. The van der Waals surface area contributed by atoms with Crippen LogP contribution in [-0.4, -0.2) is 25.5 Å². The summed E-state index contributed by atoms with van der Waals surface area (Å²) in [5.41, 5.74) is 1.71. The van der Waals surface area contributed by atoms with Crippen molar-refractivity contribution in [2.24, 2.45) is 0 Å². The van der Waals surface area contributed by atoms with E-state index in [0.717, 1.165) is 16.3 Å². The highest BCUT2D eigenvalue weighted by Gasteiger charge is 2.26. The molecule has 2 N–H and O–H groups in total. The summed E-state index contributed by atoms with van der Waals surface area (Å²) in [5.74, 6) is -0.602. The molecule has 0 amide bonds. The third-order valence-electron chi connectivity index (χ3n) is 5.24. The summed E-state index contributed by atoms with van der Waals surface area (Å²) in [7, 11) is -4.02. The number of carboxylic acids is 1. The second-order valence-electron chi connectivity index (χ2n) is 7.64. The van der Waals surface area contributed by atoms with E-state index in [-0.39, 0.29) is 11.3 Å². The highest BCUT2D eigenvalue weighted by molar-refractivity contribution is 7.89. The first-order valence-electron chi connectivity index (χ1n) is 10.4. The van der Waals surface area contributed by atoms with E-state index in [1.165, 1.54) is 12.1 Å². The van der Waals surface area contributed by atoms with E-state index in [0.29, 0.717) is 17.9 Å². The second kappa shape index (κ2) is 9.85. The van der Waals surface area contributed by atoms with Crippen molar-refractivity contribution in [1.82, 2.24) is 4.72 Å². The monoisotopic (exact) mass is 461 g/mol. The molecule has 168 valence electrons. The second-order valence-corrected chi connectivity index (χ2v) is 9.36. The fourth-order valence-corrected chi connectivity index (χ4v) is 4.69. The van der Waals surface area contributed by atoms with Gasteiger partial charge >= 0.3 is 5.97 Å². The minimum Gasteiger partial charge on any atom is -0.489 e. The van der Waals surface area contributed by atoms with E-state index in [2.05, 4.69) is 4.72 Å². The van der Waals surface area contributed by atoms with Crippen LogP contribution in [0.5, 0.6) is 5.75 Å². The third kappa shape index (κ3) is 5.77. The van der Waals surface area contributed by atoms with Crippen molar-refractivity contribution < 1.29 is 23.1 Å². The summed E-state index contributed by atoms with van der Waals surface area (Å²) in [4.78, 5) is 11.8. The number of benzene rings is 4. The number of rotatable bonds is 9. The smallest absolute Gasteiger partial charge is 0.322 e. The van der Waals surface area contributed by atoms with Crippen molar-refractivity contribution in [1.29, 1.82) is 0 Å². The molecule has 0 aromatic heterocycles. The van der Waals surface area contributed by atoms with Crippen LogP contribution in [0.4, 0.5) is 0 Å². The molecule has 0 bridgehead atoms. The highest BCUT2D eigenvalue weighted by atomic mass is 32.2. The van der Waals surface area contributed by atoms with E-state index in [1.807, 2.05) is 54.6 Å². The Morgan fingerprint density at radius 3 is 2.18 bits per heavy atom. The first kappa shape index (κ1) is 22.5. The van der Waals surface area contributed by atoms with Crippen molar-refractivity contribution in [3.8, 4) is 5.75 Å². The molecule has 0 radical (unpaired) electrons. The Hall–Kier alpha value is -3.68. The van der Waals surface area contributed by atoms with Gasteiger partial charge in [-0.3, -0.25) is 4.79 Å². The Balaban J connectivity index is 1.44. The van der Waals surface area contributed by atoms with Crippen LogP contribution >= 0.6 is 0 Å². The van der Waals surface area contributed by atoms with Crippen molar-refractivity contribution >= 4 is 26.8 Å². The van der Waals surface area contributed by atoms with Gasteiger partial charge < -0.3 is 9.84 Å². The van der Waals surface area contributed by atoms with Gasteiger partial charge in [-0.2, -0.15) is 4.72 Å². The fraction of sp³-hybridized carbons (Fsp3) is 0.115. The number of carboxylic acid groups (broad SMARTS) is 1. The maximum Gasteiger partial charge on any atom is 0.322 e. The Morgan fingerprint density at radius 1 is 0.818 bits per heavy atom. The Morgan fingerprint density at radius 2 is 1.48 bits per heavy atom. The predicted octanol–water partition coefficient (Wildman–Crippen LogP) is 4.39. The molecule has 1 atom stereocenters. The van der Waals surface area contributed by atoms with Crippen molar-refractivity contribution in [3.05, 3.63) is 108 Å². The molecule has 33 heavy (non-hydrogen) atoms. The lowest BCUT2D eigenvalue weighted by Crippen LogP contribution is -2.42. The lowest BCUT2D eigenvalue weighted by molar-refractivity contribution is -0.138. The van der Waals surface area contributed by atoms with Crippen LogP contribution < -0.4 is 9.46 Å². The fourth-order valence-electron chi connectivity index (χ4n) is 3.47. The van der Waals surface area contributed by atoms with Gasteiger partial charge in [0, 0.05) is 0 Å². The highest BCUT2D eigenvalue weighted by Crippen LogP contribution is 2.20. The predicted molar refractivity (Wildman–Crippen MR) is 127 cm³/mol. The first-order chi connectivity index (χ1) is 15.9. The van der Waals surface area contributed by atoms with Crippen LogP contribution in [0.15, 0.2) is 102 Å². The number of nitrogens with one attached hydrogen (secondary N) is 1. The molecule has 0 aliphatic rings. The number of carbonyl (C=O) groups is 1. The third-order valence-corrected chi connectivity index (χ3v) is 6.71. The van der Waals surface area contributed by atoms with Gasteiger partial charge in [0.1, 0.15) is 18.4 Å². The zero-order valence-corrected chi connectivity index (χ0v) is 18.5. The molecule has 0 saturated carbocycles. The normalized spacial score (nSPS) is 12.4. The molecule has 0 saturated heterocycles. The number of ether oxygens (including phenoxy) is 1. The largest absolute Gasteiger partial charge is 0.489 e. The minimum atomic E-state index is -4.02. The number of hydrogen-bond donors (Lipinski definition) is 2. The SMILES string of the molecule is O=C(O)C(Cc1ccc(OCc2ccccc2)cc1)NS(=O)(=O)c1ccc2ccccc2c1. The molecule has 4 rings (SSSR count). The lowest BCUT2D eigenvalue weighted by Gasteiger charge is -2.16. The number of sulfonamides is 1. The van der Waals surface area contributed by atoms with Gasteiger partial charge in [-0.15, -0.1) is 0 Å². The molecule has 0 aliphatic heterocycles. The van der Waals surface area contributed by atoms with Gasteiger partial charge in [-0.25, -0.2) is 8.42 Å². The van der Waals surface area contributed by atoms with E-state index in [1.54, 1.807) is 30.3 Å². The number of aliphatic carboxylic acids is 1. The van der Waals surface area contributed by atoms with E-state index < -0.39 is 22.0 Å². The van der Waals surface area contributed by atoms with Gasteiger partial charge in [0.15, 0.2) is 0 Å². The quantitative estimate of drug-likeness (QED) is 0.386. The topological polar surface area (TPSA) is 92.7 Å². The molecule has 7 heteroatoms. The van der Waals surface area contributed by atoms with Gasteiger partial charge in [-0.05, 0) is 52.6 Å². The van der Waals surface area contributed by atoms with Crippen LogP contribution in [0, 0.1) is 0 Å². The molecular weight excluding hydrogens is 438 g/mol. The Bertz CT molecular complexity index is 1350. The van der Waals surface area contributed by atoms with Crippen LogP contribution in [0.3, 0.4) is 0 Å². The summed E-state index contributed by atoms with van der Waals surface area (Å²) in [6.45, 7) is 0.420. The summed E-state index contributed by atoms with van der Waals surface area (Å²) < 4.78 is 33.8. The van der Waals surface area contributed by atoms with Gasteiger partial charge in [0.25, 0.3) is 0 Å². The van der Waals surface area contributed by atoms with Crippen LogP contribution in [-0.2, 0) is 27.8 Å².